The van der Waals surface area contributed by atoms with E-state index in [1.54, 1.807) is 18.2 Å². The molecule has 2 aromatic rings. The third-order valence-electron chi connectivity index (χ3n) is 4.27. The van der Waals surface area contributed by atoms with E-state index in [2.05, 4.69) is 0 Å². The van der Waals surface area contributed by atoms with Crippen LogP contribution in [-0.2, 0) is 22.4 Å². The van der Waals surface area contributed by atoms with Crippen LogP contribution in [0.4, 0.5) is 13.2 Å². The second-order valence-corrected chi connectivity index (χ2v) is 6.01. The van der Waals surface area contributed by atoms with E-state index in [0.29, 0.717) is 36.1 Å². The minimum Gasteiger partial charge on any atom is -0.497 e. The highest BCUT2D eigenvalue weighted by Crippen LogP contribution is 2.37. The lowest BCUT2D eigenvalue weighted by atomic mass is 9.87. The number of rotatable bonds is 4. The van der Waals surface area contributed by atoms with Crippen LogP contribution in [0, 0.1) is 0 Å². The molecule has 3 nitrogen and oxygen atoms in total. The van der Waals surface area contributed by atoms with Crippen molar-refractivity contribution in [3.8, 4) is 5.75 Å². The third kappa shape index (κ3) is 3.90. The Hall–Kier alpha value is -2.76. The molecule has 26 heavy (non-hydrogen) atoms. The van der Waals surface area contributed by atoms with Gasteiger partial charge in [-0.2, -0.15) is 13.2 Å². The van der Waals surface area contributed by atoms with E-state index in [4.69, 9.17) is 9.47 Å². The zero-order valence-corrected chi connectivity index (χ0v) is 14.1. The van der Waals surface area contributed by atoms with Crippen molar-refractivity contribution >= 4 is 11.7 Å². The molecule has 136 valence electrons. The van der Waals surface area contributed by atoms with Gasteiger partial charge in [0.05, 0.1) is 7.11 Å². The van der Waals surface area contributed by atoms with Gasteiger partial charge in [0.15, 0.2) is 0 Å². The summed E-state index contributed by atoms with van der Waals surface area (Å²) in [6.07, 6.45) is -3.46. The second-order valence-electron chi connectivity index (χ2n) is 6.01. The fourth-order valence-electron chi connectivity index (χ4n) is 2.99. The molecule has 1 aliphatic carbocycles. The van der Waals surface area contributed by atoms with Crippen LogP contribution in [0.3, 0.4) is 0 Å². The standard InChI is InChI=1S/C20H17F3O3/c1-25-16-10-9-14-7-8-15(11-13-5-3-2-4-6-13)18(17(14)12-16)26-19(24)20(21,22)23/h2-6,9-10,12H,7-8,11H2,1H3. The molecule has 0 saturated carbocycles. The number of ether oxygens (including phenoxy) is 2. The van der Waals surface area contributed by atoms with Gasteiger partial charge in [-0.15, -0.1) is 0 Å². The van der Waals surface area contributed by atoms with E-state index in [1.807, 2.05) is 30.3 Å². The summed E-state index contributed by atoms with van der Waals surface area (Å²) < 4.78 is 48.3. The highest BCUT2D eigenvalue weighted by atomic mass is 19.4. The third-order valence-corrected chi connectivity index (χ3v) is 4.27. The molecule has 0 fully saturated rings. The highest BCUT2D eigenvalue weighted by Gasteiger charge is 2.42. The summed E-state index contributed by atoms with van der Waals surface area (Å²) in [5, 5.41) is 0. The number of alkyl halides is 3. The van der Waals surface area contributed by atoms with Crippen molar-refractivity contribution in [3.63, 3.8) is 0 Å². The molecule has 0 spiro atoms. The normalized spacial score (nSPS) is 14.0. The van der Waals surface area contributed by atoms with Crippen molar-refractivity contribution in [3.05, 3.63) is 70.8 Å². The average molecular weight is 362 g/mol. The zero-order valence-electron chi connectivity index (χ0n) is 14.1. The summed E-state index contributed by atoms with van der Waals surface area (Å²) in [5.74, 6) is -1.74. The van der Waals surface area contributed by atoms with E-state index >= 15 is 0 Å². The molecule has 0 amide bonds. The molecule has 0 atom stereocenters. The van der Waals surface area contributed by atoms with Crippen LogP contribution in [0.1, 0.15) is 23.1 Å². The molecule has 0 heterocycles. The molecule has 2 aromatic carbocycles. The lowest BCUT2D eigenvalue weighted by molar-refractivity contribution is -0.192. The van der Waals surface area contributed by atoms with Crippen LogP contribution >= 0.6 is 0 Å². The van der Waals surface area contributed by atoms with Crippen LogP contribution in [0.15, 0.2) is 54.1 Å². The Bertz CT molecular complexity index is 839. The molecule has 0 bridgehead atoms. The molecule has 0 unspecified atom stereocenters. The fraction of sp³-hybridized carbons (Fsp3) is 0.250. The number of aryl methyl sites for hydroxylation is 1. The topological polar surface area (TPSA) is 35.5 Å². The van der Waals surface area contributed by atoms with Gasteiger partial charge in [-0.3, -0.25) is 0 Å². The van der Waals surface area contributed by atoms with Crippen LogP contribution in [0.25, 0.3) is 5.76 Å². The number of halogens is 3. The number of fused-ring (bicyclic) bond motifs is 1. The van der Waals surface area contributed by atoms with Crippen molar-refractivity contribution in [1.29, 1.82) is 0 Å². The highest BCUT2D eigenvalue weighted by molar-refractivity contribution is 5.84. The van der Waals surface area contributed by atoms with E-state index in [1.165, 1.54) is 7.11 Å². The summed E-state index contributed by atoms with van der Waals surface area (Å²) in [5.41, 5.74) is 2.90. The Balaban J connectivity index is 2.05. The van der Waals surface area contributed by atoms with Gasteiger partial charge in [-0.05, 0) is 48.1 Å². The Morgan fingerprint density at radius 1 is 1.08 bits per heavy atom. The van der Waals surface area contributed by atoms with Gasteiger partial charge in [0.25, 0.3) is 0 Å². The van der Waals surface area contributed by atoms with Crippen molar-refractivity contribution in [2.75, 3.05) is 7.11 Å². The van der Waals surface area contributed by atoms with E-state index in [0.717, 1.165) is 11.1 Å². The number of benzene rings is 2. The summed E-state index contributed by atoms with van der Waals surface area (Å²) >= 11 is 0. The minimum absolute atomic E-state index is 0.0173. The first kappa shape index (κ1) is 18.0. The number of hydrogen-bond acceptors (Lipinski definition) is 3. The summed E-state index contributed by atoms with van der Waals surface area (Å²) in [4.78, 5) is 11.5. The molecule has 0 aliphatic heterocycles. The van der Waals surface area contributed by atoms with Gasteiger partial charge < -0.3 is 9.47 Å². The number of carbonyl (C=O) groups is 1. The predicted octanol–water partition coefficient (Wildman–Crippen LogP) is 4.70. The lowest BCUT2D eigenvalue weighted by Gasteiger charge is -2.24. The molecular weight excluding hydrogens is 345 g/mol. The SMILES string of the molecule is COc1ccc2c(c1)C(OC(=O)C(F)(F)F)=C(Cc1ccccc1)CC2. The summed E-state index contributed by atoms with van der Waals surface area (Å²) in [6, 6.07) is 14.5. The van der Waals surface area contributed by atoms with Crippen LogP contribution < -0.4 is 4.74 Å². The number of carbonyl (C=O) groups excluding carboxylic acids is 1. The van der Waals surface area contributed by atoms with Gasteiger partial charge in [0, 0.05) is 5.56 Å². The molecule has 1 aliphatic rings. The van der Waals surface area contributed by atoms with Gasteiger partial charge in [0.1, 0.15) is 11.5 Å². The fourth-order valence-corrected chi connectivity index (χ4v) is 2.99. The Kier molecular flexibility index (Phi) is 5.02. The van der Waals surface area contributed by atoms with Gasteiger partial charge >= 0.3 is 12.1 Å². The van der Waals surface area contributed by atoms with Crippen molar-refractivity contribution in [2.24, 2.45) is 0 Å². The first-order chi connectivity index (χ1) is 12.4. The molecule has 0 N–H and O–H groups in total. The summed E-state index contributed by atoms with van der Waals surface area (Å²) in [6.45, 7) is 0. The number of allylic oxidation sites excluding steroid dienone is 1. The van der Waals surface area contributed by atoms with Crippen LogP contribution in [0.2, 0.25) is 0 Å². The van der Waals surface area contributed by atoms with Crippen LogP contribution in [0.5, 0.6) is 5.75 Å². The first-order valence-electron chi connectivity index (χ1n) is 8.10. The molecule has 0 radical (unpaired) electrons. The average Bonchev–Trinajstić information content (AvgIpc) is 2.63. The lowest BCUT2D eigenvalue weighted by Crippen LogP contribution is -2.26. The Labute approximate surface area is 149 Å². The summed E-state index contributed by atoms with van der Waals surface area (Å²) in [7, 11) is 1.47. The Morgan fingerprint density at radius 2 is 1.81 bits per heavy atom. The van der Waals surface area contributed by atoms with Gasteiger partial charge in [-0.25, -0.2) is 4.79 Å². The number of methoxy groups -OCH3 is 1. The van der Waals surface area contributed by atoms with E-state index in [9.17, 15) is 18.0 Å². The number of esters is 1. The second kappa shape index (κ2) is 7.23. The largest absolute Gasteiger partial charge is 0.497 e. The first-order valence-corrected chi connectivity index (χ1v) is 8.10. The predicted molar refractivity (Wildman–Crippen MR) is 90.5 cm³/mol. The minimum atomic E-state index is -5.05. The molecule has 0 aromatic heterocycles. The molecule has 6 heteroatoms. The smallest absolute Gasteiger partial charge is 0.491 e. The molecular formula is C20H17F3O3. The van der Waals surface area contributed by atoms with E-state index < -0.39 is 12.1 Å². The van der Waals surface area contributed by atoms with Crippen molar-refractivity contribution in [2.45, 2.75) is 25.4 Å². The van der Waals surface area contributed by atoms with Crippen LogP contribution in [-0.4, -0.2) is 19.3 Å². The Morgan fingerprint density at radius 3 is 2.46 bits per heavy atom. The maximum atomic E-state index is 12.8. The van der Waals surface area contributed by atoms with Gasteiger partial charge in [-0.1, -0.05) is 36.4 Å². The van der Waals surface area contributed by atoms with Gasteiger partial charge in [0.2, 0.25) is 0 Å². The zero-order chi connectivity index (χ0) is 18.7. The monoisotopic (exact) mass is 362 g/mol. The maximum absolute atomic E-state index is 12.8. The molecule has 3 rings (SSSR count). The van der Waals surface area contributed by atoms with E-state index in [-0.39, 0.29) is 5.76 Å². The quantitative estimate of drug-likeness (QED) is 0.740. The molecule has 0 saturated heterocycles. The number of hydrogen-bond donors (Lipinski definition) is 0. The van der Waals surface area contributed by atoms with Crippen molar-refractivity contribution in [1.82, 2.24) is 0 Å². The van der Waals surface area contributed by atoms with Crippen molar-refractivity contribution < 1.29 is 27.4 Å². The maximum Gasteiger partial charge on any atom is 0.491 e.